The fourth-order valence-electron chi connectivity index (χ4n) is 8.37. The van der Waals surface area contributed by atoms with Crippen LogP contribution in [-0.4, -0.2) is 30.4 Å². The molecule has 7 rings (SSSR count). The normalized spacial score (nSPS) is 35.4. The summed E-state index contributed by atoms with van der Waals surface area (Å²) in [6, 6.07) is 8.54. The second-order valence-corrected chi connectivity index (χ2v) is 12.2. The van der Waals surface area contributed by atoms with Gasteiger partial charge in [0.25, 0.3) is 5.17 Å². The summed E-state index contributed by atoms with van der Waals surface area (Å²) in [5.74, 6) is 2.19. The van der Waals surface area contributed by atoms with Crippen LogP contribution in [0.1, 0.15) is 58.8 Å². The maximum atomic E-state index is 6.24. The van der Waals surface area contributed by atoms with Crippen molar-refractivity contribution in [3.8, 4) is 0 Å². The Morgan fingerprint density at radius 1 is 1.03 bits per heavy atom. The lowest BCUT2D eigenvalue weighted by atomic mass is 9.48. The molecule has 0 bridgehead atoms. The summed E-state index contributed by atoms with van der Waals surface area (Å²) in [4.78, 5) is 8.81. The van der Waals surface area contributed by atoms with Gasteiger partial charge in [0.15, 0.2) is 0 Å². The van der Waals surface area contributed by atoms with Gasteiger partial charge in [0, 0.05) is 29.9 Å². The van der Waals surface area contributed by atoms with Crippen molar-refractivity contribution in [1.29, 1.82) is 0 Å². The van der Waals surface area contributed by atoms with Gasteiger partial charge in [-0.1, -0.05) is 43.7 Å². The fourth-order valence-corrected chi connectivity index (χ4v) is 8.61. The van der Waals surface area contributed by atoms with E-state index < -0.39 is 0 Å². The summed E-state index contributed by atoms with van der Waals surface area (Å²) >= 11 is 5.53. The summed E-state index contributed by atoms with van der Waals surface area (Å²) in [6.45, 7) is 5.08. The minimum absolute atomic E-state index is 0.166. The van der Waals surface area contributed by atoms with Gasteiger partial charge < -0.3 is 9.30 Å². The smallest absolute Gasteiger partial charge is 0.269 e. The first-order valence-corrected chi connectivity index (χ1v) is 13.9. The zero-order valence-corrected chi connectivity index (χ0v) is 22.0. The Labute approximate surface area is 218 Å². The largest absolute Gasteiger partial charge is 0.467 e. The van der Waals surface area contributed by atoms with Crippen molar-refractivity contribution in [2.45, 2.75) is 64.9 Å². The van der Waals surface area contributed by atoms with E-state index in [0.717, 1.165) is 30.2 Å². The summed E-state index contributed by atoms with van der Waals surface area (Å²) in [7, 11) is 0. The molecule has 6 atom stereocenters. The van der Waals surface area contributed by atoms with E-state index in [9.17, 15) is 0 Å². The van der Waals surface area contributed by atoms with Gasteiger partial charge in [-0.25, -0.2) is 9.97 Å². The van der Waals surface area contributed by atoms with Crippen molar-refractivity contribution in [3.63, 3.8) is 0 Å². The quantitative estimate of drug-likeness (QED) is 0.286. The van der Waals surface area contributed by atoms with Crippen molar-refractivity contribution in [3.05, 3.63) is 67.0 Å². The zero-order valence-electron chi connectivity index (χ0n) is 21.1. The van der Waals surface area contributed by atoms with Crippen molar-refractivity contribution in [1.82, 2.24) is 19.1 Å². The molecule has 4 aliphatic carbocycles. The van der Waals surface area contributed by atoms with Gasteiger partial charge in [-0.2, -0.15) is 0 Å². The Bertz CT molecular complexity index is 1390. The standard InChI is InChI=1S/C30H34N4OS/c1-29-13-11-21(35-28(36)33-16-15-31-18-33)17-20(29)7-8-22-23-9-10-27(30(23,2)14-12-24(22)29)34-19-32-25-5-3-4-6-26(25)34/h3-7,10,15-16,18-19,21-24H,8-9,11-14,17H2,1-2H3/t21-,22?,23?,24?,29-,30-/m0/s1. The summed E-state index contributed by atoms with van der Waals surface area (Å²) in [6.07, 6.45) is 20.8. The predicted molar refractivity (Wildman–Crippen MR) is 146 cm³/mol. The van der Waals surface area contributed by atoms with Crippen LogP contribution >= 0.6 is 12.2 Å². The van der Waals surface area contributed by atoms with E-state index in [2.05, 4.69) is 59.8 Å². The van der Waals surface area contributed by atoms with Gasteiger partial charge in [0.2, 0.25) is 0 Å². The first kappa shape index (κ1) is 22.5. The van der Waals surface area contributed by atoms with Gasteiger partial charge in [0.05, 0.1) is 11.0 Å². The number of nitrogens with zero attached hydrogens (tertiary/aromatic N) is 4. The Morgan fingerprint density at radius 2 is 1.89 bits per heavy atom. The molecule has 0 aliphatic heterocycles. The molecule has 0 spiro atoms. The minimum Gasteiger partial charge on any atom is -0.467 e. The topological polar surface area (TPSA) is 44.9 Å². The average molecular weight is 499 g/mol. The molecule has 2 fully saturated rings. The Hall–Kier alpha value is -2.73. The molecule has 5 nitrogen and oxygen atoms in total. The maximum absolute atomic E-state index is 6.24. The SMILES string of the molecule is C[C@]12CC[C@H](OC(=S)n3ccnc3)CC1=CCC1C2CC[C@]2(C)C(n3cnc4ccccc43)=CCC12. The summed E-state index contributed by atoms with van der Waals surface area (Å²) in [5.41, 5.74) is 5.91. The molecule has 0 amide bonds. The van der Waals surface area contributed by atoms with Crippen molar-refractivity contribution in [2.24, 2.45) is 28.6 Å². The molecule has 2 saturated carbocycles. The van der Waals surface area contributed by atoms with E-state index in [4.69, 9.17) is 21.9 Å². The first-order valence-electron chi connectivity index (χ1n) is 13.5. The molecule has 2 heterocycles. The second-order valence-electron chi connectivity index (χ2n) is 11.9. The number of ether oxygens (including phenoxy) is 1. The van der Waals surface area contributed by atoms with E-state index in [0.29, 0.717) is 11.1 Å². The highest BCUT2D eigenvalue weighted by atomic mass is 32.1. The molecule has 2 aromatic heterocycles. The van der Waals surface area contributed by atoms with Crippen molar-refractivity contribution < 1.29 is 4.74 Å². The molecule has 1 aromatic carbocycles. The number of imidazole rings is 2. The van der Waals surface area contributed by atoms with Crippen molar-refractivity contribution >= 4 is 34.1 Å². The number of thiocarbonyl (C=S) groups is 1. The Balaban J connectivity index is 1.13. The van der Waals surface area contributed by atoms with Crippen LogP contribution in [0.4, 0.5) is 0 Å². The lowest BCUT2D eigenvalue weighted by Crippen LogP contribution is -2.50. The molecule has 0 N–H and O–H groups in total. The zero-order chi connectivity index (χ0) is 24.5. The maximum Gasteiger partial charge on any atom is 0.269 e. The molecule has 186 valence electrons. The van der Waals surface area contributed by atoms with Gasteiger partial charge >= 0.3 is 0 Å². The van der Waals surface area contributed by atoms with Crippen LogP contribution in [-0.2, 0) is 4.74 Å². The van der Waals surface area contributed by atoms with Crippen LogP contribution in [0.3, 0.4) is 0 Å². The Morgan fingerprint density at radius 3 is 2.75 bits per heavy atom. The van der Waals surface area contributed by atoms with Crippen molar-refractivity contribution in [2.75, 3.05) is 0 Å². The molecular formula is C30H34N4OS. The Kier molecular flexibility index (Phi) is 5.08. The van der Waals surface area contributed by atoms with E-state index in [-0.39, 0.29) is 16.9 Å². The number of benzene rings is 1. The lowest BCUT2D eigenvalue weighted by molar-refractivity contribution is -0.0234. The van der Waals surface area contributed by atoms with Crippen LogP contribution in [0, 0.1) is 28.6 Å². The minimum atomic E-state index is 0.166. The number of rotatable bonds is 2. The molecule has 36 heavy (non-hydrogen) atoms. The van der Waals surface area contributed by atoms with Crippen LogP contribution in [0.15, 0.2) is 67.0 Å². The third-order valence-electron chi connectivity index (χ3n) is 10.3. The summed E-state index contributed by atoms with van der Waals surface area (Å²) < 4.78 is 10.4. The van der Waals surface area contributed by atoms with Gasteiger partial charge in [-0.05, 0) is 86.0 Å². The molecule has 3 unspecified atom stereocenters. The number of para-hydroxylation sites is 2. The number of allylic oxidation sites excluding steroid dienone is 3. The van der Waals surface area contributed by atoms with Gasteiger partial charge in [0.1, 0.15) is 18.8 Å². The van der Waals surface area contributed by atoms with Crippen LogP contribution in [0.25, 0.3) is 16.7 Å². The third kappa shape index (κ3) is 3.22. The van der Waals surface area contributed by atoms with E-state index >= 15 is 0 Å². The van der Waals surface area contributed by atoms with Gasteiger partial charge in [-0.3, -0.25) is 4.57 Å². The molecule has 0 radical (unpaired) electrons. The average Bonchev–Trinajstić information content (AvgIpc) is 3.62. The highest BCUT2D eigenvalue weighted by molar-refractivity contribution is 7.80. The van der Waals surface area contributed by atoms with Crippen LogP contribution in [0.2, 0.25) is 0 Å². The van der Waals surface area contributed by atoms with Crippen LogP contribution < -0.4 is 0 Å². The number of hydrogen-bond acceptors (Lipinski definition) is 4. The lowest BCUT2D eigenvalue weighted by Gasteiger charge is -2.57. The van der Waals surface area contributed by atoms with Crippen LogP contribution in [0.5, 0.6) is 0 Å². The van der Waals surface area contributed by atoms with E-state index in [1.165, 1.54) is 43.3 Å². The monoisotopic (exact) mass is 498 g/mol. The van der Waals surface area contributed by atoms with Gasteiger partial charge in [-0.15, -0.1) is 0 Å². The fraction of sp³-hybridized carbons (Fsp3) is 0.500. The number of fused-ring (bicyclic) bond motifs is 6. The molecule has 0 saturated heterocycles. The predicted octanol–water partition coefficient (Wildman–Crippen LogP) is 6.86. The molecule has 4 aliphatic rings. The highest BCUT2D eigenvalue weighted by Gasteiger charge is 2.57. The summed E-state index contributed by atoms with van der Waals surface area (Å²) in [5, 5.41) is 0.514. The highest BCUT2D eigenvalue weighted by Crippen LogP contribution is 2.65. The van der Waals surface area contributed by atoms with E-state index in [1.54, 1.807) is 22.7 Å². The number of hydrogen-bond donors (Lipinski definition) is 0. The third-order valence-corrected chi connectivity index (χ3v) is 10.6. The molecule has 6 heteroatoms. The molecule has 3 aromatic rings. The first-order chi connectivity index (χ1) is 17.5. The molecular weight excluding hydrogens is 464 g/mol. The van der Waals surface area contributed by atoms with E-state index in [1.807, 2.05) is 12.5 Å². The second kappa shape index (κ2) is 8.14. The number of aromatic nitrogens is 4.